The first-order valence-electron chi connectivity index (χ1n) is 13.5. The zero-order valence-electron chi connectivity index (χ0n) is 23.0. The van der Waals surface area contributed by atoms with Gasteiger partial charge in [0.2, 0.25) is 0 Å². The summed E-state index contributed by atoms with van der Waals surface area (Å²) in [5.41, 5.74) is 2.68. The summed E-state index contributed by atoms with van der Waals surface area (Å²) in [6, 6.07) is 11.1. The van der Waals surface area contributed by atoms with Gasteiger partial charge in [0.15, 0.2) is 11.2 Å². The third-order valence-corrected chi connectivity index (χ3v) is 8.32. The van der Waals surface area contributed by atoms with Crippen LogP contribution in [0.2, 0.25) is 5.02 Å². The number of aromatic nitrogens is 3. The van der Waals surface area contributed by atoms with E-state index in [-0.39, 0.29) is 22.4 Å². The molecule has 7 rings (SSSR count). The number of aryl methyl sites for hydroxylation is 1. The van der Waals surface area contributed by atoms with Crippen molar-refractivity contribution in [3.8, 4) is 17.1 Å². The topological polar surface area (TPSA) is 89.3 Å². The fourth-order valence-electron chi connectivity index (χ4n) is 6.22. The summed E-state index contributed by atoms with van der Waals surface area (Å²) in [5, 5.41) is 3.09. The second-order valence-corrected chi connectivity index (χ2v) is 11.6. The molecule has 1 spiro atoms. The molecule has 1 N–H and O–H groups in total. The average Bonchev–Trinajstić information content (AvgIpc) is 3.57. The van der Waals surface area contributed by atoms with E-state index in [0.29, 0.717) is 40.0 Å². The highest BCUT2D eigenvalue weighted by Gasteiger charge is 2.64. The number of carbonyl (C=O) groups excluding carboxylic acids is 2. The first kappa shape index (κ1) is 25.7. The predicted molar refractivity (Wildman–Crippen MR) is 153 cm³/mol. The molecule has 41 heavy (non-hydrogen) atoms. The van der Waals surface area contributed by atoms with Gasteiger partial charge in [-0.3, -0.25) is 19.5 Å². The van der Waals surface area contributed by atoms with E-state index in [1.165, 1.54) is 17.0 Å². The van der Waals surface area contributed by atoms with Crippen molar-refractivity contribution in [3.05, 3.63) is 87.7 Å². The smallest absolute Gasteiger partial charge is 0.280 e. The molecule has 1 unspecified atom stereocenters. The van der Waals surface area contributed by atoms with Crippen LogP contribution in [0.15, 0.2) is 48.7 Å². The number of amides is 2. The Morgan fingerprint density at radius 2 is 1.93 bits per heavy atom. The molecule has 4 heterocycles. The molecule has 8 nitrogen and oxygen atoms in total. The van der Waals surface area contributed by atoms with Gasteiger partial charge in [0, 0.05) is 46.2 Å². The minimum Gasteiger partial charge on any atom is -0.496 e. The standard InChI is InChI=1S/C31H27ClFN5O3/c1-15(2)37-27-26(36-28(37)21-14-34-23(17-6-7-17)13-25(21)41-4)29(39)38(20-11-18(32)10-19(33)12-20)31(27)22-8-5-16(3)9-24(22)35-30(31)40/h5,8-15,17H,6-7H2,1-4H3,(H,35,40). The molecule has 1 aliphatic carbocycles. The summed E-state index contributed by atoms with van der Waals surface area (Å²) in [4.78, 5) is 39.6. The molecule has 2 aromatic heterocycles. The van der Waals surface area contributed by atoms with Crippen molar-refractivity contribution in [1.82, 2.24) is 14.5 Å². The lowest BCUT2D eigenvalue weighted by Crippen LogP contribution is -2.51. The van der Waals surface area contributed by atoms with Crippen LogP contribution in [0, 0.1) is 12.7 Å². The van der Waals surface area contributed by atoms with Crippen LogP contribution in [0.5, 0.6) is 5.75 Å². The molecule has 2 aromatic carbocycles. The number of nitrogens with one attached hydrogen (secondary N) is 1. The van der Waals surface area contributed by atoms with Crippen molar-refractivity contribution in [1.29, 1.82) is 0 Å². The summed E-state index contributed by atoms with van der Waals surface area (Å²) >= 11 is 6.25. The lowest BCUT2D eigenvalue weighted by Gasteiger charge is -2.35. The Morgan fingerprint density at radius 3 is 2.61 bits per heavy atom. The Hall–Kier alpha value is -4.24. The quantitative estimate of drug-likeness (QED) is 0.301. The molecular formula is C31H27ClFN5O3. The largest absolute Gasteiger partial charge is 0.496 e. The van der Waals surface area contributed by atoms with Gasteiger partial charge < -0.3 is 14.6 Å². The van der Waals surface area contributed by atoms with Gasteiger partial charge in [0.1, 0.15) is 17.4 Å². The van der Waals surface area contributed by atoms with Crippen LogP contribution in [-0.2, 0) is 10.3 Å². The number of fused-ring (bicyclic) bond motifs is 4. The van der Waals surface area contributed by atoms with Crippen LogP contribution in [0.4, 0.5) is 15.8 Å². The van der Waals surface area contributed by atoms with Crippen LogP contribution in [0.25, 0.3) is 11.4 Å². The summed E-state index contributed by atoms with van der Waals surface area (Å²) in [6.45, 7) is 5.85. The Bertz CT molecular complexity index is 1780. The molecule has 0 radical (unpaired) electrons. The minimum absolute atomic E-state index is 0.103. The molecule has 3 aliphatic rings. The van der Waals surface area contributed by atoms with E-state index in [0.717, 1.165) is 30.2 Å². The summed E-state index contributed by atoms with van der Waals surface area (Å²) in [5.74, 6) is -0.113. The van der Waals surface area contributed by atoms with E-state index >= 15 is 0 Å². The monoisotopic (exact) mass is 571 g/mol. The molecule has 2 amide bonds. The Labute approximate surface area is 241 Å². The number of carbonyl (C=O) groups is 2. The van der Waals surface area contributed by atoms with Gasteiger partial charge in [-0.15, -0.1) is 0 Å². The first-order valence-corrected chi connectivity index (χ1v) is 13.9. The number of benzene rings is 2. The third-order valence-electron chi connectivity index (χ3n) is 8.10. The van der Waals surface area contributed by atoms with Gasteiger partial charge in [-0.2, -0.15) is 0 Å². The number of nitrogens with zero attached hydrogens (tertiary/aromatic N) is 4. The number of halogens is 2. The van der Waals surface area contributed by atoms with Crippen molar-refractivity contribution in [3.63, 3.8) is 0 Å². The zero-order chi connectivity index (χ0) is 28.8. The number of pyridine rings is 1. The Kier molecular flexibility index (Phi) is 5.57. The molecule has 4 aromatic rings. The zero-order valence-corrected chi connectivity index (χ0v) is 23.7. The minimum atomic E-state index is -1.66. The molecule has 10 heteroatoms. The summed E-state index contributed by atoms with van der Waals surface area (Å²) in [6.07, 6.45) is 3.92. The fourth-order valence-corrected chi connectivity index (χ4v) is 6.44. The van der Waals surface area contributed by atoms with Crippen molar-refractivity contribution >= 4 is 34.8 Å². The van der Waals surface area contributed by atoms with E-state index in [1.54, 1.807) is 13.3 Å². The average molecular weight is 572 g/mol. The summed E-state index contributed by atoms with van der Waals surface area (Å²) < 4.78 is 22.4. The summed E-state index contributed by atoms with van der Waals surface area (Å²) in [7, 11) is 1.59. The maximum absolute atomic E-state index is 14.7. The van der Waals surface area contributed by atoms with E-state index < -0.39 is 23.2 Å². The van der Waals surface area contributed by atoms with Gasteiger partial charge in [0.25, 0.3) is 11.8 Å². The first-order chi connectivity index (χ1) is 19.6. The van der Waals surface area contributed by atoms with Gasteiger partial charge in [-0.1, -0.05) is 23.7 Å². The van der Waals surface area contributed by atoms with E-state index in [9.17, 15) is 14.0 Å². The molecule has 208 valence electrons. The van der Waals surface area contributed by atoms with Gasteiger partial charge in [-0.05, 0) is 63.4 Å². The Morgan fingerprint density at radius 1 is 1.15 bits per heavy atom. The molecule has 1 atom stereocenters. The van der Waals surface area contributed by atoms with Crippen molar-refractivity contribution in [2.75, 3.05) is 17.3 Å². The van der Waals surface area contributed by atoms with E-state index in [1.807, 2.05) is 49.6 Å². The number of rotatable bonds is 5. The normalized spacial score (nSPS) is 19.2. The maximum atomic E-state index is 14.7. The number of imidazole rings is 1. The molecule has 0 bridgehead atoms. The molecule has 0 saturated heterocycles. The van der Waals surface area contributed by atoms with Crippen LogP contribution < -0.4 is 15.0 Å². The SMILES string of the molecule is COc1cc(C2CC2)ncc1-c1nc2c(n1C(C)C)C1(C(=O)Nc3cc(C)ccc31)N(c1cc(F)cc(Cl)c1)C2=O. The van der Waals surface area contributed by atoms with Crippen LogP contribution in [-0.4, -0.2) is 33.5 Å². The van der Waals surface area contributed by atoms with E-state index in [2.05, 4.69) is 5.32 Å². The number of hydrogen-bond acceptors (Lipinski definition) is 5. The predicted octanol–water partition coefficient (Wildman–Crippen LogP) is 6.37. The molecule has 1 saturated carbocycles. The number of anilines is 2. The molecule has 2 aliphatic heterocycles. The highest BCUT2D eigenvalue weighted by atomic mass is 35.5. The highest BCUT2D eigenvalue weighted by molar-refractivity contribution is 6.31. The number of hydrogen-bond donors (Lipinski definition) is 1. The van der Waals surface area contributed by atoms with Crippen LogP contribution in [0.3, 0.4) is 0 Å². The Balaban J connectivity index is 1.55. The molecular weight excluding hydrogens is 545 g/mol. The van der Waals surface area contributed by atoms with Crippen LogP contribution >= 0.6 is 11.6 Å². The number of methoxy groups -OCH3 is 1. The van der Waals surface area contributed by atoms with Gasteiger partial charge >= 0.3 is 0 Å². The van der Waals surface area contributed by atoms with E-state index in [4.69, 9.17) is 26.3 Å². The lowest BCUT2D eigenvalue weighted by atomic mass is 9.86. The van der Waals surface area contributed by atoms with Gasteiger partial charge in [-0.25, -0.2) is 9.37 Å². The highest BCUT2D eigenvalue weighted by Crippen LogP contribution is 2.54. The van der Waals surface area contributed by atoms with Gasteiger partial charge in [0.05, 0.1) is 24.1 Å². The number of ether oxygens (including phenoxy) is 1. The second-order valence-electron chi connectivity index (χ2n) is 11.2. The fraction of sp³-hybridized carbons (Fsp3) is 0.290. The molecule has 1 fully saturated rings. The maximum Gasteiger partial charge on any atom is 0.280 e. The lowest BCUT2D eigenvalue weighted by molar-refractivity contribution is -0.119. The van der Waals surface area contributed by atoms with Crippen molar-refractivity contribution in [2.24, 2.45) is 0 Å². The van der Waals surface area contributed by atoms with Crippen molar-refractivity contribution in [2.45, 2.75) is 51.1 Å². The second kappa shape index (κ2) is 8.88. The third kappa shape index (κ3) is 3.58. The van der Waals surface area contributed by atoms with Crippen molar-refractivity contribution < 1.29 is 18.7 Å². The van der Waals surface area contributed by atoms with Crippen LogP contribution in [0.1, 0.15) is 71.7 Å².